The number of rotatable bonds is 5. The number of para-hydroxylation sites is 1. The van der Waals surface area contributed by atoms with Crippen LogP contribution < -0.4 is 26.0 Å². The minimum atomic E-state index is -1.59. The van der Waals surface area contributed by atoms with Crippen molar-refractivity contribution < 1.29 is 28.8 Å². The third-order valence-corrected chi connectivity index (χ3v) is 6.66. The van der Waals surface area contributed by atoms with Crippen LogP contribution in [-0.2, 0) is 24.7 Å². The fourth-order valence-electron chi connectivity index (χ4n) is 5.35. The molecule has 0 aliphatic carbocycles. The van der Waals surface area contributed by atoms with Crippen LogP contribution in [0.2, 0.25) is 0 Å². The molecule has 4 atom stereocenters. The second-order valence-electron chi connectivity index (χ2n) is 8.36. The van der Waals surface area contributed by atoms with Gasteiger partial charge in [-0.3, -0.25) is 34.6 Å². The molecule has 5 rings (SSSR count). The van der Waals surface area contributed by atoms with Crippen molar-refractivity contribution in [1.29, 1.82) is 0 Å². The molecule has 4 N–H and O–H groups in total. The highest BCUT2D eigenvalue weighted by Crippen LogP contribution is 2.54. The first-order valence-electron chi connectivity index (χ1n) is 10.4. The van der Waals surface area contributed by atoms with Gasteiger partial charge in [-0.15, -0.1) is 0 Å². The van der Waals surface area contributed by atoms with E-state index in [2.05, 4.69) is 10.6 Å². The number of benzene rings is 2. The molecule has 0 unspecified atom stereocenters. The van der Waals surface area contributed by atoms with Gasteiger partial charge in [0.15, 0.2) is 0 Å². The number of nitro benzene ring substituents is 1. The number of ether oxygens (including phenoxy) is 1. The number of non-ortho nitro benzene ring substituents is 1. The minimum absolute atomic E-state index is 0.0113. The molecule has 34 heavy (non-hydrogen) atoms. The zero-order valence-electron chi connectivity index (χ0n) is 17.8. The third kappa shape index (κ3) is 2.75. The fourth-order valence-corrected chi connectivity index (χ4v) is 5.35. The van der Waals surface area contributed by atoms with E-state index in [-0.39, 0.29) is 23.5 Å². The number of carbonyl (C=O) groups is 4. The van der Waals surface area contributed by atoms with Crippen molar-refractivity contribution in [3.8, 4) is 5.75 Å². The Balaban J connectivity index is 1.67. The van der Waals surface area contributed by atoms with E-state index in [1.54, 1.807) is 24.3 Å². The molecule has 0 saturated carbocycles. The fraction of sp³-hybridized carbons (Fsp3) is 0.273. The minimum Gasteiger partial charge on any atom is -0.494 e. The molecule has 3 aliphatic rings. The van der Waals surface area contributed by atoms with E-state index in [0.29, 0.717) is 11.3 Å². The van der Waals surface area contributed by atoms with E-state index in [4.69, 9.17) is 10.5 Å². The molecule has 0 aromatic heterocycles. The number of nitrogens with two attached hydrogens (primary N) is 1. The Kier molecular flexibility index (Phi) is 4.65. The topological polar surface area (TPSA) is 174 Å². The normalized spacial score (nSPS) is 27.0. The molecule has 3 aliphatic heterocycles. The number of imide groups is 1. The molecule has 3 heterocycles. The molecule has 2 aromatic carbocycles. The van der Waals surface area contributed by atoms with E-state index >= 15 is 0 Å². The van der Waals surface area contributed by atoms with E-state index in [9.17, 15) is 29.3 Å². The highest BCUT2D eigenvalue weighted by Gasteiger charge is 2.70. The quantitative estimate of drug-likeness (QED) is 0.323. The second kappa shape index (κ2) is 7.35. The lowest BCUT2D eigenvalue weighted by Crippen LogP contribution is -2.53. The first-order chi connectivity index (χ1) is 16.2. The molecule has 12 nitrogen and oxygen atoms in total. The number of nitrogens with zero attached hydrogens (tertiary/aromatic N) is 2. The number of nitro groups is 1. The highest BCUT2D eigenvalue weighted by molar-refractivity contribution is 6.26. The number of fused-ring (bicyclic) bond motifs is 4. The molecule has 174 valence electrons. The summed E-state index contributed by atoms with van der Waals surface area (Å²) in [6.45, 7) is 0. The average Bonchev–Trinajstić information content (AvgIpc) is 3.37. The maximum Gasteiger partial charge on any atom is 0.273 e. The summed E-state index contributed by atoms with van der Waals surface area (Å²) in [7, 11) is 1.26. The predicted molar refractivity (Wildman–Crippen MR) is 117 cm³/mol. The lowest BCUT2D eigenvalue weighted by atomic mass is 9.76. The molecule has 1 spiro atoms. The Labute approximate surface area is 192 Å². The van der Waals surface area contributed by atoms with Gasteiger partial charge in [0, 0.05) is 29.8 Å². The molecule has 4 amide bonds. The van der Waals surface area contributed by atoms with Gasteiger partial charge in [-0.05, 0) is 12.1 Å². The summed E-state index contributed by atoms with van der Waals surface area (Å²) in [6.07, 6.45) is -0.275. The Morgan fingerprint density at radius 2 is 1.94 bits per heavy atom. The number of anilines is 2. The van der Waals surface area contributed by atoms with Crippen molar-refractivity contribution in [2.75, 3.05) is 17.3 Å². The standard InChI is InChI=1S/C22H19N5O7/c1-34-15-8-10(27(32)33)6-7-14(15)26-19(29)17-13(9-16(23)28)25-22(18(17)20(26)30)11-4-2-3-5-12(11)24-21(22)31/h2-8,13,17-18,25H,9H2,1H3,(H2,23,28)(H,24,31)/t13-,17+,18+,22-/m1/s1. The van der Waals surface area contributed by atoms with E-state index in [0.717, 1.165) is 17.0 Å². The maximum atomic E-state index is 13.8. The summed E-state index contributed by atoms with van der Waals surface area (Å²) in [5, 5.41) is 17.0. The van der Waals surface area contributed by atoms with Crippen molar-refractivity contribution >= 4 is 40.7 Å². The Morgan fingerprint density at radius 1 is 1.21 bits per heavy atom. The number of methoxy groups -OCH3 is 1. The summed E-state index contributed by atoms with van der Waals surface area (Å²) >= 11 is 0. The van der Waals surface area contributed by atoms with E-state index in [1.807, 2.05) is 0 Å². The lowest BCUT2D eigenvalue weighted by molar-refractivity contribution is -0.384. The number of carbonyl (C=O) groups excluding carboxylic acids is 4. The van der Waals surface area contributed by atoms with Gasteiger partial charge in [0.05, 0.1) is 35.6 Å². The molecule has 2 aromatic rings. The van der Waals surface area contributed by atoms with Crippen LogP contribution in [0.4, 0.5) is 17.1 Å². The largest absolute Gasteiger partial charge is 0.494 e. The first-order valence-corrected chi connectivity index (χ1v) is 10.4. The lowest BCUT2D eigenvalue weighted by Gasteiger charge is -2.29. The van der Waals surface area contributed by atoms with Crippen molar-refractivity contribution in [2.45, 2.75) is 18.0 Å². The van der Waals surface area contributed by atoms with Crippen molar-refractivity contribution in [3.63, 3.8) is 0 Å². The number of primary amides is 1. The highest BCUT2D eigenvalue weighted by atomic mass is 16.6. The van der Waals surface area contributed by atoms with Crippen LogP contribution in [0.1, 0.15) is 12.0 Å². The SMILES string of the molecule is COc1cc([N+](=O)[O-])ccc1N1C(=O)[C@@H]2[C@@H](C1=O)[C@@]1(N[C@@H]2CC(N)=O)C(=O)Nc2ccccc21. The van der Waals surface area contributed by atoms with Gasteiger partial charge in [0.2, 0.25) is 23.6 Å². The van der Waals surface area contributed by atoms with Gasteiger partial charge in [-0.1, -0.05) is 18.2 Å². The molecular weight excluding hydrogens is 446 g/mol. The number of amides is 4. The van der Waals surface area contributed by atoms with Gasteiger partial charge < -0.3 is 15.8 Å². The number of hydrogen-bond acceptors (Lipinski definition) is 8. The van der Waals surface area contributed by atoms with Gasteiger partial charge >= 0.3 is 0 Å². The first kappa shape index (κ1) is 21.5. The van der Waals surface area contributed by atoms with Crippen LogP contribution in [-0.4, -0.2) is 41.7 Å². The predicted octanol–water partition coefficient (Wildman–Crippen LogP) is 0.404. The van der Waals surface area contributed by atoms with E-state index in [1.165, 1.54) is 13.2 Å². The van der Waals surface area contributed by atoms with E-state index < -0.39 is 52.0 Å². The van der Waals surface area contributed by atoms with Crippen LogP contribution in [0.3, 0.4) is 0 Å². The van der Waals surface area contributed by atoms with Crippen molar-refractivity contribution in [1.82, 2.24) is 5.32 Å². The van der Waals surface area contributed by atoms with Crippen LogP contribution in [0, 0.1) is 22.0 Å². The molecule has 12 heteroatoms. The Morgan fingerprint density at radius 3 is 2.62 bits per heavy atom. The van der Waals surface area contributed by atoms with Crippen LogP contribution in [0.15, 0.2) is 42.5 Å². The van der Waals surface area contributed by atoms with Gasteiger partial charge in [-0.2, -0.15) is 0 Å². The zero-order valence-corrected chi connectivity index (χ0v) is 17.8. The summed E-state index contributed by atoms with van der Waals surface area (Å²) in [5.74, 6) is -4.87. The molecule has 2 saturated heterocycles. The van der Waals surface area contributed by atoms with Crippen LogP contribution in [0.5, 0.6) is 5.75 Å². The zero-order chi connectivity index (χ0) is 24.4. The van der Waals surface area contributed by atoms with Gasteiger partial charge in [0.1, 0.15) is 11.3 Å². The second-order valence-corrected chi connectivity index (χ2v) is 8.36. The Hall–Kier alpha value is -4.32. The van der Waals surface area contributed by atoms with Crippen molar-refractivity contribution in [2.24, 2.45) is 17.6 Å². The van der Waals surface area contributed by atoms with Crippen LogP contribution in [0.25, 0.3) is 0 Å². The van der Waals surface area contributed by atoms with Gasteiger partial charge in [0.25, 0.3) is 5.69 Å². The van der Waals surface area contributed by atoms with Gasteiger partial charge in [-0.25, -0.2) is 4.90 Å². The van der Waals surface area contributed by atoms with Crippen LogP contribution >= 0.6 is 0 Å². The summed E-state index contributed by atoms with van der Waals surface area (Å²) < 4.78 is 5.23. The maximum absolute atomic E-state index is 13.8. The molecule has 2 fully saturated rings. The smallest absolute Gasteiger partial charge is 0.273 e. The molecular formula is C22H19N5O7. The van der Waals surface area contributed by atoms with Crippen molar-refractivity contribution in [3.05, 3.63) is 58.1 Å². The summed E-state index contributed by atoms with van der Waals surface area (Å²) in [4.78, 5) is 64.0. The summed E-state index contributed by atoms with van der Waals surface area (Å²) in [6, 6.07) is 9.41. The molecule has 0 bridgehead atoms. The molecule has 0 radical (unpaired) electrons. The third-order valence-electron chi connectivity index (χ3n) is 6.66. The Bertz CT molecular complexity index is 1290. The average molecular weight is 465 g/mol. The number of nitrogens with one attached hydrogen (secondary N) is 2. The number of hydrogen-bond donors (Lipinski definition) is 3. The monoisotopic (exact) mass is 465 g/mol. The summed E-state index contributed by atoms with van der Waals surface area (Å²) in [5.41, 5.74) is 4.53.